The number of aryl methyl sites for hydroxylation is 1. The van der Waals surface area contributed by atoms with Gasteiger partial charge in [-0.15, -0.1) is 0 Å². The van der Waals surface area contributed by atoms with Gasteiger partial charge in [-0.25, -0.2) is 9.97 Å². The zero-order valence-corrected chi connectivity index (χ0v) is 13.9. The molecule has 3 nitrogen and oxygen atoms in total. The average molecular weight is 293 g/mol. The number of thioether (sulfide) groups is 1. The lowest BCUT2D eigenvalue weighted by Gasteiger charge is -2.19. The Bertz CT molecular complexity index is 432. The van der Waals surface area contributed by atoms with Crippen LogP contribution in [0.2, 0.25) is 0 Å². The Morgan fingerprint density at radius 3 is 2.75 bits per heavy atom. The van der Waals surface area contributed by atoms with Crippen molar-refractivity contribution in [2.24, 2.45) is 5.92 Å². The van der Waals surface area contributed by atoms with Gasteiger partial charge in [0.05, 0.1) is 5.75 Å². The molecular formula is C16H27N3S. The normalized spacial score (nSPS) is 14.4. The molecule has 0 radical (unpaired) electrons. The zero-order chi connectivity index (χ0) is 14.4. The first kappa shape index (κ1) is 15.6. The maximum Gasteiger partial charge on any atom is 0.140 e. The molecule has 0 spiro atoms. The van der Waals surface area contributed by atoms with Crippen LogP contribution < -0.4 is 5.32 Å². The van der Waals surface area contributed by atoms with E-state index in [0.29, 0.717) is 0 Å². The first-order valence-corrected chi connectivity index (χ1v) is 9.06. The number of anilines is 1. The molecular weight excluding hydrogens is 266 g/mol. The minimum atomic E-state index is 0.732. The molecule has 1 aromatic rings. The summed E-state index contributed by atoms with van der Waals surface area (Å²) in [6.07, 6.45) is 5.95. The maximum atomic E-state index is 4.81. The number of nitrogens with one attached hydrogen (secondary N) is 1. The standard InChI is InChI=1S/C16H27N3S/c1-4-9-17-16-13-7-5-6-8-14(13)18-15(19-16)11-20-10-12(2)3/h12H,4-11H2,1-3H3,(H,17,18,19). The van der Waals surface area contributed by atoms with E-state index >= 15 is 0 Å². The van der Waals surface area contributed by atoms with E-state index in [1.165, 1.54) is 29.9 Å². The number of fused-ring (bicyclic) bond motifs is 1. The second kappa shape index (κ2) is 7.87. The predicted molar refractivity (Wildman–Crippen MR) is 88.5 cm³/mol. The Morgan fingerprint density at radius 2 is 2.00 bits per heavy atom. The van der Waals surface area contributed by atoms with Crippen molar-refractivity contribution in [2.45, 2.75) is 58.6 Å². The van der Waals surface area contributed by atoms with Gasteiger partial charge in [-0.1, -0.05) is 20.8 Å². The van der Waals surface area contributed by atoms with Gasteiger partial charge in [0.15, 0.2) is 0 Å². The number of nitrogens with zero attached hydrogens (tertiary/aromatic N) is 2. The van der Waals surface area contributed by atoms with Gasteiger partial charge in [0, 0.05) is 17.8 Å². The van der Waals surface area contributed by atoms with Gasteiger partial charge in [-0.2, -0.15) is 11.8 Å². The highest BCUT2D eigenvalue weighted by Gasteiger charge is 2.17. The molecule has 1 heterocycles. The Hall–Kier alpha value is -0.770. The van der Waals surface area contributed by atoms with Crippen molar-refractivity contribution in [1.82, 2.24) is 9.97 Å². The second-order valence-corrected chi connectivity index (χ2v) is 6.99. The van der Waals surface area contributed by atoms with E-state index in [9.17, 15) is 0 Å². The molecule has 0 fully saturated rings. The summed E-state index contributed by atoms with van der Waals surface area (Å²) >= 11 is 1.94. The topological polar surface area (TPSA) is 37.8 Å². The molecule has 112 valence electrons. The molecule has 1 aromatic heterocycles. The smallest absolute Gasteiger partial charge is 0.140 e. The molecule has 1 aliphatic carbocycles. The van der Waals surface area contributed by atoms with Gasteiger partial charge in [0.1, 0.15) is 11.6 Å². The first-order valence-electron chi connectivity index (χ1n) is 7.91. The van der Waals surface area contributed by atoms with E-state index in [-0.39, 0.29) is 0 Å². The van der Waals surface area contributed by atoms with E-state index in [0.717, 1.165) is 49.1 Å². The molecule has 0 aromatic carbocycles. The number of hydrogen-bond donors (Lipinski definition) is 1. The van der Waals surface area contributed by atoms with E-state index in [2.05, 4.69) is 26.1 Å². The van der Waals surface area contributed by atoms with Crippen molar-refractivity contribution in [1.29, 1.82) is 0 Å². The third-order valence-corrected chi connectivity index (χ3v) is 4.82. The summed E-state index contributed by atoms with van der Waals surface area (Å²) in [5.41, 5.74) is 2.67. The molecule has 0 saturated heterocycles. The van der Waals surface area contributed by atoms with Crippen LogP contribution in [0.15, 0.2) is 0 Å². The summed E-state index contributed by atoms with van der Waals surface area (Å²) in [4.78, 5) is 9.58. The highest BCUT2D eigenvalue weighted by Crippen LogP contribution is 2.26. The van der Waals surface area contributed by atoms with E-state index in [1.54, 1.807) is 0 Å². The Balaban J connectivity index is 2.11. The fourth-order valence-electron chi connectivity index (χ4n) is 2.49. The number of rotatable bonds is 7. The third kappa shape index (κ3) is 4.37. The van der Waals surface area contributed by atoms with Crippen molar-refractivity contribution in [3.05, 3.63) is 17.1 Å². The highest BCUT2D eigenvalue weighted by atomic mass is 32.2. The summed E-state index contributed by atoms with van der Waals surface area (Å²) in [6, 6.07) is 0. The minimum absolute atomic E-state index is 0.732. The van der Waals surface area contributed by atoms with Gasteiger partial charge in [0.25, 0.3) is 0 Å². The fourth-order valence-corrected chi connectivity index (χ4v) is 3.39. The monoisotopic (exact) mass is 293 g/mol. The Kier molecular flexibility index (Phi) is 6.14. The van der Waals surface area contributed by atoms with Crippen molar-refractivity contribution in [2.75, 3.05) is 17.6 Å². The molecule has 0 bridgehead atoms. The SMILES string of the molecule is CCCNc1nc(CSCC(C)C)nc2c1CCCC2. The quantitative estimate of drug-likeness (QED) is 0.822. The molecule has 1 aliphatic rings. The van der Waals surface area contributed by atoms with Crippen LogP contribution >= 0.6 is 11.8 Å². The molecule has 0 aliphatic heterocycles. The Morgan fingerprint density at radius 1 is 1.20 bits per heavy atom. The fraction of sp³-hybridized carbons (Fsp3) is 0.750. The van der Waals surface area contributed by atoms with Crippen LogP contribution in [0, 0.1) is 5.92 Å². The van der Waals surface area contributed by atoms with Crippen LogP contribution in [0.4, 0.5) is 5.82 Å². The average Bonchev–Trinajstić information content (AvgIpc) is 2.44. The van der Waals surface area contributed by atoms with Gasteiger partial charge in [-0.3, -0.25) is 0 Å². The van der Waals surface area contributed by atoms with Crippen LogP contribution in [0.5, 0.6) is 0 Å². The molecule has 1 N–H and O–H groups in total. The van der Waals surface area contributed by atoms with Crippen LogP contribution in [0.1, 0.15) is 57.1 Å². The van der Waals surface area contributed by atoms with Crippen LogP contribution in [0.25, 0.3) is 0 Å². The maximum absolute atomic E-state index is 4.81. The predicted octanol–water partition coefficient (Wildman–Crippen LogP) is 4.07. The van der Waals surface area contributed by atoms with Crippen LogP contribution in [-0.2, 0) is 18.6 Å². The van der Waals surface area contributed by atoms with Gasteiger partial charge >= 0.3 is 0 Å². The van der Waals surface area contributed by atoms with Crippen molar-refractivity contribution in [3.8, 4) is 0 Å². The lowest BCUT2D eigenvalue weighted by atomic mass is 9.96. The van der Waals surface area contributed by atoms with Crippen molar-refractivity contribution in [3.63, 3.8) is 0 Å². The third-order valence-electron chi connectivity index (χ3n) is 3.45. The lowest BCUT2D eigenvalue weighted by Crippen LogP contribution is -2.15. The first-order chi connectivity index (χ1) is 9.70. The molecule has 20 heavy (non-hydrogen) atoms. The summed E-state index contributed by atoms with van der Waals surface area (Å²) in [5.74, 6) is 4.96. The van der Waals surface area contributed by atoms with Crippen molar-refractivity contribution < 1.29 is 0 Å². The largest absolute Gasteiger partial charge is 0.370 e. The summed E-state index contributed by atoms with van der Waals surface area (Å²) in [5, 5.41) is 3.50. The molecule has 0 atom stereocenters. The van der Waals surface area contributed by atoms with Crippen molar-refractivity contribution >= 4 is 17.6 Å². The van der Waals surface area contributed by atoms with E-state index in [4.69, 9.17) is 9.97 Å². The minimum Gasteiger partial charge on any atom is -0.370 e. The second-order valence-electron chi connectivity index (χ2n) is 5.96. The molecule has 0 unspecified atom stereocenters. The van der Waals surface area contributed by atoms with E-state index < -0.39 is 0 Å². The van der Waals surface area contributed by atoms with Gasteiger partial charge in [-0.05, 0) is 43.8 Å². The molecule has 0 saturated carbocycles. The lowest BCUT2D eigenvalue weighted by molar-refractivity contribution is 0.658. The highest BCUT2D eigenvalue weighted by molar-refractivity contribution is 7.98. The van der Waals surface area contributed by atoms with Crippen LogP contribution in [-0.4, -0.2) is 22.3 Å². The molecule has 2 rings (SSSR count). The zero-order valence-electron chi connectivity index (χ0n) is 13.0. The van der Waals surface area contributed by atoms with Gasteiger partial charge < -0.3 is 5.32 Å². The van der Waals surface area contributed by atoms with Gasteiger partial charge in [0.2, 0.25) is 0 Å². The summed E-state index contributed by atoms with van der Waals surface area (Å²) < 4.78 is 0. The number of hydrogen-bond acceptors (Lipinski definition) is 4. The molecule has 0 amide bonds. The summed E-state index contributed by atoms with van der Waals surface area (Å²) in [6.45, 7) is 7.71. The van der Waals surface area contributed by atoms with E-state index in [1.807, 2.05) is 11.8 Å². The number of aromatic nitrogens is 2. The van der Waals surface area contributed by atoms with Crippen LogP contribution in [0.3, 0.4) is 0 Å². The molecule has 4 heteroatoms. The Labute approximate surface area is 127 Å². The summed E-state index contributed by atoms with van der Waals surface area (Å²) in [7, 11) is 0.